The van der Waals surface area contributed by atoms with Crippen LogP contribution in [0.4, 0.5) is 0 Å². The molecule has 2 spiro atoms. The first-order valence-corrected chi connectivity index (χ1v) is 13.6. The van der Waals surface area contributed by atoms with Crippen LogP contribution >= 0.6 is 0 Å². The van der Waals surface area contributed by atoms with E-state index in [4.69, 9.17) is 28.8 Å². The molecule has 0 aromatic heterocycles. The summed E-state index contributed by atoms with van der Waals surface area (Å²) in [6.07, 6.45) is 8.93. The lowest BCUT2D eigenvalue weighted by Crippen LogP contribution is -2.66. The van der Waals surface area contributed by atoms with E-state index in [0.717, 1.165) is 13.5 Å². The molecule has 5 aliphatic rings. The smallest absolute Gasteiger partial charge is 0.335 e. The number of hydrogen-bond acceptors (Lipinski definition) is 9. The highest BCUT2D eigenvalue weighted by Crippen LogP contribution is 2.72. The van der Waals surface area contributed by atoms with Crippen LogP contribution in [-0.4, -0.2) is 85.2 Å². The first-order valence-electron chi connectivity index (χ1n) is 13.6. The van der Waals surface area contributed by atoms with Crippen LogP contribution < -0.4 is 0 Å². The lowest BCUT2D eigenvalue weighted by Gasteiger charge is -2.58. The van der Waals surface area contributed by atoms with Crippen molar-refractivity contribution in [3.05, 3.63) is 36.0 Å². The summed E-state index contributed by atoms with van der Waals surface area (Å²) in [5, 5.41) is 17.7. The zero-order valence-corrected chi connectivity index (χ0v) is 23.1. The Balaban J connectivity index is 0.00000164. The van der Waals surface area contributed by atoms with E-state index in [0.29, 0.717) is 32.5 Å². The molecule has 2 N–H and O–H groups in total. The van der Waals surface area contributed by atoms with Crippen molar-refractivity contribution in [1.82, 2.24) is 0 Å². The molecule has 38 heavy (non-hydrogen) atoms. The summed E-state index contributed by atoms with van der Waals surface area (Å²) in [5.74, 6) is -1.41. The van der Waals surface area contributed by atoms with E-state index in [-0.39, 0.29) is 30.8 Å². The van der Waals surface area contributed by atoms with Crippen molar-refractivity contribution in [2.75, 3.05) is 26.9 Å². The molecule has 3 fully saturated rings. The molecule has 2 saturated heterocycles. The number of carbonyl (C=O) groups is 2. The van der Waals surface area contributed by atoms with Crippen molar-refractivity contribution in [3.63, 3.8) is 0 Å². The van der Waals surface area contributed by atoms with Crippen LogP contribution in [-0.2, 0) is 33.3 Å². The number of aliphatic hydroxyl groups is 2. The van der Waals surface area contributed by atoms with Gasteiger partial charge in [0, 0.05) is 31.6 Å². The molecule has 0 aromatic rings. The van der Waals surface area contributed by atoms with Gasteiger partial charge in [0.2, 0.25) is 0 Å². The molecule has 2 aliphatic carbocycles. The SMILES string of the molecule is CC1=CC2O[C@@H]3C[C@H]4OC(=O)/C=C\C=CC(C)OCCC(C)[C@@H](O)C(=O)OC[C@@]2(CC1)[C@]4(C)C31CO1.CO. The number of ether oxygens (including phenoxy) is 5. The second kappa shape index (κ2) is 11.2. The summed E-state index contributed by atoms with van der Waals surface area (Å²) >= 11 is 0. The van der Waals surface area contributed by atoms with Gasteiger partial charge in [0.05, 0.1) is 30.3 Å². The molecule has 9 atom stereocenters. The van der Waals surface area contributed by atoms with Gasteiger partial charge in [0.1, 0.15) is 18.3 Å². The number of esters is 2. The molecule has 3 aliphatic heterocycles. The molecule has 0 radical (unpaired) electrons. The predicted molar refractivity (Wildman–Crippen MR) is 138 cm³/mol. The van der Waals surface area contributed by atoms with E-state index < -0.39 is 40.6 Å². The molecule has 212 valence electrons. The highest BCUT2D eigenvalue weighted by molar-refractivity contribution is 5.82. The van der Waals surface area contributed by atoms with Crippen LogP contribution in [0.5, 0.6) is 0 Å². The first-order chi connectivity index (χ1) is 18.1. The van der Waals surface area contributed by atoms with E-state index in [1.165, 1.54) is 11.6 Å². The summed E-state index contributed by atoms with van der Waals surface area (Å²) in [6.45, 7) is 8.85. The number of aliphatic hydroxyl groups excluding tert-OH is 2. The molecule has 9 nitrogen and oxygen atoms in total. The van der Waals surface area contributed by atoms with Crippen LogP contribution in [0.2, 0.25) is 0 Å². The quantitative estimate of drug-likeness (QED) is 0.274. The second-order valence-corrected chi connectivity index (χ2v) is 11.4. The zero-order valence-electron chi connectivity index (χ0n) is 23.1. The number of epoxide rings is 1. The normalized spacial score (nSPS) is 45.8. The zero-order chi connectivity index (χ0) is 27.7. The Morgan fingerprint density at radius 2 is 1.82 bits per heavy atom. The maximum absolute atomic E-state index is 13.0. The second-order valence-electron chi connectivity index (χ2n) is 11.4. The average Bonchev–Trinajstić information content (AvgIpc) is 3.68. The molecule has 1 saturated carbocycles. The van der Waals surface area contributed by atoms with E-state index in [9.17, 15) is 14.7 Å². The molecule has 0 aromatic carbocycles. The van der Waals surface area contributed by atoms with Crippen molar-refractivity contribution in [1.29, 1.82) is 0 Å². The Bertz CT molecular complexity index is 983. The van der Waals surface area contributed by atoms with Gasteiger partial charge in [-0.05, 0) is 39.0 Å². The fraction of sp³-hybridized carbons (Fsp3) is 0.724. The van der Waals surface area contributed by atoms with Crippen LogP contribution in [0.25, 0.3) is 0 Å². The van der Waals surface area contributed by atoms with Crippen molar-refractivity contribution >= 4 is 11.9 Å². The fourth-order valence-corrected chi connectivity index (χ4v) is 6.84. The number of cyclic esters (lactones) is 1. The van der Waals surface area contributed by atoms with Crippen molar-refractivity contribution in [3.8, 4) is 0 Å². The van der Waals surface area contributed by atoms with Gasteiger partial charge in [-0.3, -0.25) is 0 Å². The van der Waals surface area contributed by atoms with Gasteiger partial charge in [-0.1, -0.05) is 43.7 Å². The van der Waals surface area contributed by atoms with Crippen LogP contribution in [0.3, 0.4) is 0 Å². The molecular formula is C29H42O9. The minimum Gasteiger partial charge on any atom is -0.463 e. The molecule has 9 heteroatoms. The van der Waals surface area contributed by atoms with Crippen LogP contribution in [0.1, 0.15) is 53.4 Å². The minimum absolute atomic E-state index is 0.0541. The molecule has 5 rings (SSSR count). The summed E-state index contributed by atoms with van der Waals surface area (Å²) in [5.41, 5.74) is -0.649. The highest BCUT2D eigenvalue weighted by Gasteiger charge is 2.83. The Morgan fingerprint density at radius 1 is 1.08 bits per heavy atom. The van der Waals surface area contributed by atoms with Crippen molar-refractivity contribution in [2.45, 2.75) is 89.5 Å². The highest BCUT2D eigenvalue weighted by atomic mass is 16.6. The van der Waals surface area contributed by atoms with Crippen molar-refractivity contribution in [2.24, 2.45) is 16.7 Å². The van der Waals surface area contributed by atoms with Gasteiger partial charge in [0.15, 0.2) is 6.10 Å². The first kappa shape index (κ1) is 29.0. The molecule has 0 amide bonds. The number of allylic oxidation sites excluding steroid dienone is 3. The fourth-order valence-electron chi connectivity index (χ4n) is 6.84. The number of carbonyl (C=O) groups excluding carboxylic acids is 2. The van der Waals surface area contributed by atoms with E-state index in [1.807, 2.05) is 19.9 Å². The maximum Gasteiger partial charge on any atom is 0.335 e. The summed E-state index contributed by atoms with van der Waals surface area (Å²) in [7, 11) is 1.00. The van der Waals surface area contributed by atoms with E-state index in [1.54, 1.807) is 12.2 Å². The molecular weight excluding hydrogens is 492 g/mol. The summed E-state index contributed by atoms with van der Waals surface area (Å²) < 4.78 is 30.4. The van der Waals surface area contributed by atoms with Gasteiger partial charge < -0.3 is 33.9 Å². The Kier molecular flexibility index (Phi) is 8.55. The van der Waals surface area contributed by atoms with Gasteiger partial charge in [-0.25, -0.2) is 9.59 Å². The third-order valence-corrected chi connectivity index (χ3v) is 9.41. The Hall–Kier alpha value is -2.04. The van der Waals surface area contributed by atoms with Crippen molar-refractivity contribution < 1.29 is 43.5 Å². The van der Waals surface area contributed by atoms with Gasteiger partial charge in [0.25, 0.3) is 0 Å². The molecule has 2 bridgehead atoms. The van der Waals surface area contributed by atoms with Crippen LogP contribution in [0.15, 0.2) is 36.0 Å². The molecule has 4 unspecified atom stereocenters. The lowest BCUT2D eigenvalue weighted by molar-refractivity contribution is -0.234. The van der Waals surface area contributed by atoms with Gasteiger partial charge in [-0.2, -0.15) is 0 Å². The Morgan fingerprint density at radius 3 is 2.53 bits per heavy atom. The molecule has 3 heterocycles. The van der Waals surface area contributed by atoms with Crippen LogP contribution in [0, 0.1) is 16.7 Å². The van der Waals surface area contributed by atoms with Gasteiger partial charge >= 0.3 is 11.9 Å². The summed E-state index contributed by atoms with van der Waals surface area (Å²) in [4.78, 5) is 25.9. The maximum atomic E-state index is 13.0. The van der Waals surface area contributed by atoms with E-state index in [2.05, 4.69) is 19.9 Å². The van der Waals surface area contributed by atoms with Gasteiger partial charge in [-0.15, -0.1) is 0 Å². The summed E-state index contributed by atoms with van der Waals surface area (Å²) in [6, 6.07) is 0. The third-order valence-electron chi connectivity index (χ3n) is 9.41. The predicted octanol–water partition coefficient (Wildman–Crippen LogP) is 2.64. The number of hydrogen-bond donors (Lipinski definition) is 2. The Labute approximate surface area is 224 Å². The minimum atomic E-state index is -1.26. The number of rotatable bonds is 0. The monoisotopic (exact) mass is 534 g/mol. The van der Waals surface area contributed by atoms with E-state index >= 15 is 0 Å². The standard InChI is InChI=1S/C28H38O8.CH4O/c1-17-9-11-27-15-33-25(31)24(30)18(2)10-12-32-19(3)7-5-6-8-23(29)36-20-14-22(35-21(27)13-17)28(16-34-28)26(20,27)4;1-2/h5-8,13,18-22,24,30H,9-12,14-16H2,1-4H3;2H,1H3/b7-5?,8-6-;/t18?,19?,20-,21?,22-,24-,26-,27-,28?;/m1./s1. The topological polar surface area (TPSA) is 124 Å². The average molecular weight is 535 g/mol. The third kappa shape index (κ3) is 4.77. The lowest BCUT2D eigenvalue weighted by atomic mass is 9.51. The largest absolute Gasteiger partial charge is 0.463 e.